The largest absolute Gasteiger partial charge is 0.342 e. The minimum Gasteiger partial charge on any atom is -0.342 e. The predicted octanol–water partition coefficient (Wildman–Crippen LogP) is 3.74. The second-order valence-electron chi connectivity index (χ2n) is 7.56. The molecule has 0 aliphatic carbocycles. The smallest absolute Gasteiger partial charge is 0.250 e. The van der Waals surface area contributed by atoms with Crippen molar-refractivity contribution in [2.75, 3.05) is 18.0 Å². The van der Waals surface area contributed by atoms with E-state index in [-0.39, 0.29) is 0 Å². The average Bonchev–Trinajstić information content (AvgIpc) is 3.45. The molecule has 4 aromatic rings. The van der Waals surface area contributed by atoms with Crippen LogP contribution in [0.25, 0.3) is 16.9 Å². The van der Waals surface area contributed by atoms with E-state index in [1.165, 1.54) is 5.56 Å². The molecule has 5 rings (SSSR count). The van der Waals surface area contributed by atoms with Crippen LogP contribution < -0.4 is 4.90 Å². The number of aromatic amines is 1. The van der Waals surface area contributed by atoms with Gasteiger partial charge in [-0.25, -0.2) is 4.98 Å². The second kappa shape index (κ2) is 7.50. The third-order valence-corrected chi connectivity index (χ3v) is 5.50. The Morgan fingerprint density at radius 3 is 2.69 bits per heavy atom. The molecule has 2 aromatic carbocycles. The zero-order chi connectivity index (χ0) is 19.6. The number of nitrogens with zero attached hydrogens (tertiary/aromatic N) is 6. The van der Waals surface area contributed by atoms with E-state index in [0.717, 1.165) is 54.6 Å². The second-order valence-corrected chi connectivity index (χ2v) is 7.56. The van der Waals surface area contributed by atoms with Crippen molar-refractivity contribution in [2.24, 2.45) is 0 Å². The molecule has 3 heterocycles. The Labute approximate surface area is 169 Å². The Kier molecular flexibility index (Phi) is 4.56. The Hall–Kier alpha value is -3.48. The van der Waals surface area contributed by atoms with Crippen LogP contribution >= 0.6 is 0 Å². The van der Waals surface area contributed by atoms with E-state index in [1.807, 2.05) is 29.1 Å². The van der Waals surface area contributed by atoms with Crippen LogP contribution in [-0.4, -0.2) is 43.3 Å². The van der Waals surface area contributed by atoms with E-state index < -0.39 is 0 Å². The molecule has 0 bridgehead atoms. The molecule has 1 aliphatic rings. The molecule has 1 N–H and O–H groups in total. The SMILES string of the molecule is Cc1ccc(-n2nnnc2N2CCCC(c3ncc(-c4ccccc4)[nH]3)C2)cc1. The maximum absolute atomic E-state index is 4.68. The van der Waals surface area contributed by atoms with Gasteiger partial charge in [0.25, 0.3) is 0 Å². The summed E-state index contributed by atoms with van der Waals surface area (Å²) >= 11 is 0. The molecule has 1 saturated heterocycles. The molecule has 29 heavy (non-hydrogen) atoms. The number of H-pyrrole nitrogens is 1. The van der Waals surface area contributed by atoms with Gasteiger partial charge in [-0.15, -0.1) is 0 Å². The molecule has 7 nitrogen and oxygen atoms in total. The van der Waals surface area contributed by atoms with Crippen molar-refractivity contribution in [3.05, 3.63) is 72.2 Å². The van der Waals surface area contributed by atoms with Crippen molar-refractivity contribution in [1.29, 1.82) is 0 Å². The first-order valence-electron chi connectivity index (χ1n) is 9.98. The third kappa shape index (κ3) is 3.51. The highest BCUT2D eigenvalue weighted by molar-refractivity contribution is 5.58. The van der Waals surface area contributed by atoms with Crippen LogP contribution in [0.1, 0.15) is 30.1 Å². The van der Waals surface area contributed by atoms with Gasteiger partial charge in [0.2, 0.25) is 5.95 Å². The van der Waals surface area contributed by atoms with Crippen LogP contribution in [0.15, 0.2) is 60.8 Å². The molecule has 0 amide bonds. The van der Waals surface area contributed by atoms with Crippen LogP contribution in [-0.2, 0) is 0 Å². The van der Waals surface area contributed by atoms with Crippen molar-refractivity contribution in [2.45, 2.75) is 25.7 Å². The first-order valence-corrected chi connectivity index (χ1v) is 9.98. The number of hydrogen-bond donors (Lipinski definition) is 1. The van der Waals surface area contributed by atoms with Gasteiger partial charge in [0, 0.05) is 19.0 Å². The highest BCUT2D eigenvalue weighted by atomic mass is 15.6. The van der Waals surface area contributed by atoms with Gasteiger partial charge in [0.05, 0.1) is 17.6 Å². The minimum atomic E-state index is 0.324. The summed E-state index contributed by atoms with van der Waals surface area (Å²) in [4.78, 5) is 10.5. The highest BCUT2D eigenvalue weighted by Gasteiger charge is 2.27. The Bertz CT molecular complexity index is 1080. The first kappa shape index (κ1) is 17.6. The summed E-state index contributed by atoms with van der Waals surface area (Å²) in [7, 11) is 0. The lowest BCUT2D eigenvalue weighted by atomic mass is 9.97. The predicted molar refractivity (Wildman–Crippen MR) is 112 cm³/mol. The lowest BCUT2D eigenvalue weighted by Gasteiger charge is -2.32. The topological polar surface area (TPSA) is 75.5 Å². The van der Waals surface area contributed by atoms with Crippen LogP contribution in [0, 0.1) is 6.92 Å². The van der Waals surface area contributed by atoms with Gasteiger partial charge in [0.15, 0.2) is 0 Å². The molecule has 0 spiro atoms. The quantitative estimate of drug-likeness (QED) is 0.579. The molecule has 0 saturated carbocycles. The van der Waals surface area contributed by atoms with Gasteiger partial charge in [-0.1, -0.05) is 53.1 Å². The molecule has 0 radical (unpaired) electrons. The van der Waals surface area contributed by atoms with Crippen molar-refractivity contribution >= 4 is 5.95 Å². The Morgan fingerprint density at radius 2 is 1.86 bits per heavy atom. The maximum Gasteiger partial charge on any atom is 0.250 e. The number of imidazole rings is 1. The third-order valence-electron chi connectivity index (χ3n) is 5.50. The number of anilines is 1. The summed E-state index contributed by atoms with van der Waals surface area (Å²) in [5, 5.41) is 12.5. The zero-order valence-corrected chi connectivity index (χ0v) is 16.4. The summed E-state index contributed by atoms with van der Waals surface area (Å²) in [5.74, 6) is 2.14. The first-order chi connectivity index (χ1) is 14.3. The van der Waals surface area contributed by atoms with Crippen molar-refractivity contribution in [3.63, 3.8) is 0 Å². The van der Waals surface area contributed by atoms with Crippen LogP contribution in [0.3, 0.4) is 0 Å². The molecule has 1 unspecified atom stereocenters. The Morgan fingerprint density at radius 1 is 1.03 bits per heavy atom. The summed E-state index contributed by atoms with van der Waals surface area (Å²) in [5.41, 5.74) is 4.40. The number of piperidine rings is 1. The lowest BCUT2D eigenvalue weighted by Crippen LogP contribution is -2.36. The summed E-state index contributed by atoms with van der Waals surface area (Å²) in [6.45, 7) is 3.86. The number of tetrazole rings is 1. The minimum absolute atomic E-state index is 0.324. The van der Waals surface area contributed by atoms with Gasteiger partial charge in [0.1, 0.15) is 5.82 Å². The molecule has 2 aromatic heterocycles. The zero-order valence-electron chi connectivity index (χ0n) is 16.4. The van der Waals surface area contributed by atoms with Crippen LogP contribution in [0.2, 0.25) is 0 Å². The summed E-state index contributed by atoms with van der Waals surface area (Å²) in [6.07, 6.45) is 4.11. The fourth-order valence-electron chi connectivity index (χ4n) is 3.92. The molecule has 1 fully saturated rings. The van der Waals surface area contributed by atoms with E-state index >= 15 is 0 Å². The van der Waals surface area contributed by atoms with E-state index in [4.69, 9.17) is 0 Å². The Balaban J connectivity index is 1.38. The molecule has 1 aliphatic heterocycles. The normalized spacial score (nSPS) is 16.9. The van der Waals surface area contributed by atoms with E-state index in [1.54, 1.807) is 0 Å². The van der Waals surface area contributed by atoms with E-state index in [9.17, 15) is 0 Å². The van der Waals surface area contributed by atoms with Crippen molar-refractivity contribution < 1.29 is 0 Å². The number of aromatic nitrogens is 6. The van der Waals surface area contributed by atoms with Crippen LogP contribution in [0.5, 0.6) is 0 Å². The summed E-state index contributed by atoms with van der Waals surface area (Å²) < 4.78 is 1.82. The van der Waals surface area contributed by atoms with Crippen LogP contribution in [0.4, 0.5) is 5.95 Å². The molecule has 1 atom stereocenters. The van der Waals surface area contributed by atoms with Gasteiger partial charge in [-0.2, -0.15) is 4.68 Å². The molecular formula is C22H23N7. The molecule has 7 heteroatoms. The fraction of sp³-hybridized carbons (Fsp3) is 0.273. The number of rotatable bonds is 4. The number of hydrogen-bond acceptors (Lipinski definition) is 5. The standard InChI is InChI=1S/C22H23N7/c1-16-9-11-19(12-10-16)29-22(25-26-27-29)28-13-5-8-18(15-28)21-23-14-20(24-21)17-6-3-2-4-7-17/h2-4,6-7,9-12,14,18H,5,8,13,15H2,1H3,(H,23,24). The van der Waals surface area contributed by atoms with Gasteiger partial charge < -0.3 is 9.88 Å². The molecular weight excluding hydrogens is 362 g/mol. The van der Waals surface area contributed by atoms with Crippen molar-refractivity contribution in [3.8, 4) is 16.9 Å². The number of nitrogens with one attached hydrogen (secondary N) is 1. The lowest BCUT2D eigenvalue weighted by molar-refractivity contribution is 0.486. The van der Waals surface area contributed by atoms with Crippen molar-refractivity contribution in [1.82, 2.24) is 30.2 Å². The monoisotopic (exact) mass is 385 g/mol. The highest BCUT2D eigenvalue weighted by Crippen LogP contribution is 2.29. The number of aryl methyl sites for hydroxylation is 1. The van der Waals surface area contributed by atoms with E-state index in [0.29, 0.717) is 5.92 Å². The van der Waals surface area contributed by atoms with E-state index in [2.05, 4.69) is 73.7 Å². The number of benzene rings is 2. The van der Waals surface area contributed by atoms with Gasteiger partial charge >= 0.3 is 0 Å². The summed E-state index contributed by atoms with van der Waals surface area (Å²) in [6, 6.07) is 18.6. The fourth-order valence-corrected chi connectivity index (χ4v) is 3.92. The molecule has 146 valence electrons. The van der Waals surface area contributed by atoms with Gasteiger partial charge in [-0.3, -0.25) is 0 Å². The van der Waals surface area contributed by atoms with Gasteiger partial charge in [-0.05, 0) is 47.9 Å². The maximum atomic E-state index is 4.68. The average molecular weight is 385 g/mol.